The van der Waals surface area contributed by atoms with E-state index < -0.39 is 29.2 Å². The first-order valence-electron chi connectivity index (χ1n) is 4.08. The van der Waals surface area contributed by atoms with Crippen LogP contribution in [-0.4, -0.2) is 38.8 Å². The molecule has 0 N–H and O–H groups in total. The monoisotopic (exact) mass is 306 g/mol. The molecule has 13 heavy (non-hydrogen) atoms. The van der Waals surface area contributed by atoms with E-state index in [1.54, 1.807) is 12.5 Å². The van der Waals surface area contributed by atoms with Crippen molar-refractivity contribution in [1.29, 1.82) is 0 Å². The summed E-state index contributed by atoms with van der Waals surface area (Å²) in [7, 11) is -1.06. The van der Waals surface area contributed by atoms with Gasteiger partial charge in [-0.3, -0.25) is 0 Å². The molecule has 0 aromatic carbocycles. The van der Waals surface area contributed by atoms with Crippen LogP contribution in [0.5, 0.6) is 0 Å². The van der Waals surface area contributed by atoms with Gasteiger partial charge in [-0.2, -0.15) is 0 Å². The molecule has 0 amide bonds. The standard InChI is InChI=1S/C5H5N2OS.3CH3.Sn/c1-9(8)5-6-3-2-4-7-5;;;;/h2-3H,1H3;3*1H3;. The van der Waals surface area contributed by atoms with Crippen molar-refractivity contribution in [3.63, 3.8) is 0 Å². The molecule has 72 valence electrons. The van der Waals surface area contributed by atoms with E-state index in [0.717, 1.165) is 3.71 Å². The van der Waals surface area contributed by atoms with Gasteiger partial charge in [0.15, 0.2) is 0 Å². The zero-order chi connectivity index (χ0) is 10.1. The van der Waals surface area contributed by atoms with E-state index in [9.17, 15) is 4.21 Å². The number of hydrogen-bond donors (Lipinski definition) is 0. The maximum absolute atomic E-state index is 11.1. The number of nitrogens with zero attached hydrogens (tertiary/aromatic N) is 2. The van der Waals surface area contributed by atoms with Crippen LogP contribution in [0.25, 0.3) is 0 Å². The third-order valence-electron chi connectivity index (χ3n) is 1.66. The van der Waals surface area contributed by atoms with Gasteiger partial charge >= 0.3 is 85.6 Å². The Labute approximate surface area is 85.3 Å². The van der Waals surface area contributed by atoms with Crippen LogP contribution in [0.3, 0.4) is 0 Å². The van der Waals surface area contributed by atoms with Crippen molar-refractivity contribution in [1.82, 2.24) is 9.97 Å². The third kappa shape index (κ3) is 3.02. The Morgan fingerprint density at radius 1 is 1.38 bits per heavy atom. The summed E-state index contributed by atoms with van der Waals surface area (Å²) in [5.74, 6) is 0. The fraction of sp³-hybridized carbons (Fsp3) is 0.500. The van der Waals surface area contributed by atoms with Gasteiger partial charge in [0.25, 0.3) is 0 Å². The molecule has 5 heteroatoms. The molecule has 0 bridgehead atoms. The van der Waals surface area contributed by atoms with Crippen molar-refractivity contribution < 1.29 is 4.21 Å². The van der Waals surface area contributed by atoms with Gasteiger partial charge in [-0.25, -0.2) is 0 Å². The van der Waals surface area contributed by atoms with Crippen LogP contribution in [0, 0.1) is 0 Å². The molecule has 0 aliphatic rings. The SMILES string of the molecule is CS(=O)c1ncc[c]([Sn]([CH3])([CH3])[CH3])n1. The minimum absolute atomic E-state index is 0.462. The fourth-order valence-corrected chi connectivity index (χ4v) is 4.46. The van der Waals surface area contributed by atoms with Gasteiger partial charge in [-0.1, -0.05) is 0 Å². The predicted octanol–water partition coefficient (Wildman–Crippen LogP) is 0.759. The average molecular weight is 305 g/mol. The van der Waals surface area contributed by atoms with Crippen LogP contribution in [-0.2, 0) is 10.8 Å². The van der Waals surface area contributed by atoms with E-state index in [-0.39, 0.29) is 0 Å². The van der Waals surface area contributed by atoms with Crippen LogP contribution >= 0.6 is 0 Å². The first kappa shape index (κ1) is 11.1. The normalized spacial score (nSPS) is 14.2. The van der Waals surface area contributed by atoms with Crippen molar-refractivity contribution in [3.8, 4) is 0 Å². The Bertz CT molecular complexity index is 335. The summed E-state index contributed by atoms with van der Waals surface area (Å²) in [6.07, 6.45) is 3.32. The molecule has 0 radical (unpaired) electrons. The van der Waals surface area contributed by atoms with Gasteiger partial charge in [0.2, 0.25) is 0 Å². The van der Waals surface area contributed by atoms with E-state index in [1.807, 2.05) is 6.07 Å². The Hall–Kier alpha value is 0.0287. The minimum atomic E-state index is -2.10. The summed E-state index contributed by atoms with van der Waals surface area (Å²) in [4.78, 5) is 15.1. The first-order valence-corrected chi connectivity index (χ1v) is 15.6. The van der Waals surface area contributed by atoms with Crippen LogP contribution in [0.1, 0.15) is 0 Å². The van der Waals surface area contributed by atoms with Gasteiger partial charge in [-0.15, -0.1) is 0 Å². The number of aromatic nitrogens is 2. The van der Waals surface area contributed by atoms with Crippen molar-refractivity contribution in [2.24, 2.45) is 0 Å². The van der Waals surface area contributed by atoms with E-state index >= 15 is 0 Å². The number of rotatable bonds is 2. The average Bonchev–Trinajstić information content (AvgIpc) is 2.03. The molecule has 1 atom stereocenters. The zero-order valence-corrected chi connectivity index (χ0v) is 12.0. The predicted molar refractivity (Wildman–Crippen MR) is 57.3 cm³/mol. The molecular formula is C8H14N2OSSn. The van der Waals surface area contributed by atoms with Gasteiger partial charge in [0, 0.05) is 0 Å². The van der Waals surface area contributed by atoms with E-state index in [1.165, 1.54) is 0 Å². The Kier molecular flexibility index (Phi) is 3.45. The molecule has 0 aliphatic heterocycles. The van der Waals surface area contributed by atoms with Gasteiger partial charge < -0.3 is 0 Å². The molecule has 1 aromatic rings. The van der Waals surface area contributed by atoms with Crippen molar-refractivity contribution in [2.75, 3.05) is 6.26 Å². The molecule has 1 aromatic heterocycles. The molecule has 1 unspecified atom stereocenters. The van der Waals surface area contributed by atoms with Gasteiger partial charge in [0.05, 0.1) is 0 Å². The maximum atomic E-state index is 11.1. The summed E-state index contributed by atoms with van der Waals surface area (Å²) in [5, 5.41) is 0.462. The molecule has 0 saturated heterocycles. The summed E-state index contributed by atoms with van der Waals surface area (Å²) < 4.78 is 12.3. The third-order valence-corrected chi connectivity index (χ3v) is 7.55. The Morgan fingerprint density at radius 2 is 2.00 bits per heavy atom. The van der Waals surface area contributed by atoms with Crippen LogP contribution in [0.15, 0.2) is 17.4 Å². The van der Waals surface area contributed by atoms with Crippen molar-refractivity contribution in [3.05, 3.63) is 12.3 Å². The van der Waals surface area contributed by atoms with E-state index in [0.29, 0.717) is 5.16 Å². The molecule has 0 fully saturated rings. The molecule has 1 heterocycles. The number of hydrogen-bond acceptors (Lipinski definition) is 3. The van der Waals surface area contributed by atoms with E-state index in [4.69, 9.17) is 0 Å². The molecule has 0 aliphatic carbocycles. The summed E-state index contributed by atoms with van der Waals surface area (Å²) in [5.41, 5.74) is 0. The summed E-state index contributed by atoms with van der Waals surface area (Å²) >= 11 is -2.10. The molecular weight excluding hydrogens is 291 g/mol. The summed E-state index contributed by atoms with van der Waals surface area (Å²) in [6, 6.07) is 1.95. The van der Waals surface area contributed by atoms with Crippen LogP contribution in [0.4, 0.5) is 0 Å². The second-order valence-corrected chi connectivity index (χ2v) is 19.5. The fourth-order valence-electron chi connectivity index (χ4n) is 0.897. The quantitative estimate of drug-likeness (QED) is 0.598. The molecule has 0 saturated carbocycles. The Morgan fingerprint density at radius 3 is 2.46 bits per heavy atom. The second kappa shape index (κ2) is 4.04. The van der Waals surface area contributed by atoms with Crippen LogP contribution in [0.2, 0.25) is 14.8 Å². The van der Waals surface area contributed by atoms with Crippen LogP contribution < -0.4 is 3.71 Å². The van der Waals surface area contributed by atoms with E-state index in [2.05, 4.69) is 24.8 Å². The second-order valence-electron chi connectivity index (χ2n) is 3.93. The van der Waals surface area contributed by atoms with Crippen molar-refractivity contribution >= 4 is 32.9 Å². The molecule has 3 nitrogen and oxygen atoms in total. The molecule has 0 spiro atoms. The summed E-state index contributed by atoms with van der Waals surface area (Å²) in [6.45, 7) is 0. The van der Waals surface area contributed by atoms with Gasteiger partial charge in [-0.05, 0) is 0 Å². The Balaban J connectivity index is 3.13. The topological polar surface area (TPSA) is 42.9 Å². The molecule has 1 rings (SSSR count). The first-order chi connectivity index (χ1) is 5.91. The van der Waals surface area contributed by atoms with Gasteiger partial charge in [0.1, 0.15) is 0 Å². The van der Waals surface area contributed by atoms with Crippen molar-refractivity contribution in [2.45, 2.75) is 20.0 Å². The zero-order valence-electron chi connectivity index (χ0n) is 8.37.